The highest BCUT2D eigenvalue weighted by Crippen LogP contribution is 2.11. The minimum Gasteiger partial charge on any atom is -0.480 e. The van der Waals surface area contributed by atoms with E-state index in [0.717, 1.165) is 4.96 Å². The van der Waals surface area contributed by atoms with Gasteiger partial charge < -0.3 is 16.2 Å². The predicted octanol–water partition coefficient (Wildman–Crippen LogP) is -0.227. The predicted molar refractivity (Wildman–Crippen MR) is 74.8 cm³/mol. The fourth-order valence-corrected chi connectivity index (χ4v) is 2.53. The lowest BCUT2D eigenvalue weighted by Crippen LogP contribution is -2.42. The van der Waals surface area contributed by atoms with E-state index in [1.165, 1.54) is 11.3 Å². The number of carboxylic acid groups (broad SMARTS) is 1. The second kappa shape index (κ2) is 6.35. The van der Waals surface area contributed by atoms with Crippen LogP contribution in [0.25, 0.3) is 4.96 Å². The number of aliphatic carboxylic acids is 1. The third-order valence-electron chi connectivity index (χ3n) is 2.80. The highest BCUT2D eigenvalue weighted by atomic mass is 32.1. The Bertz CT molecular complexity index is 649. The molecule has 21 heavy (non-hydrogen) atoms. The van der Waals surface area contributed by atoms with Crippen LogP contribution < -0.4 is 11.1 Å². The molecule has 2 heterocycles. The molecule has 2 rings (SSSR count). The molecule has 8 nitrogen and oxygen atoms in total. The molecule has 0 aliphatic heterocycles. The van der Waals surface area contributed by atoms with Crippen molar-refractivity contribution in [2.45, 2.75) is 25.3 Å². The number of nitrogens with zero attached hydrogens (tertiary/aromatic N) is 2. The largest absolute Gasteiger partial charge is 0.480 e. The van der Waals surface area contributed by atoms with Gasteiger partial charge in [-0.3, -0.25) is 14.0 Å². The number of carboxylic acids is 1. The maximum Gasteiger partial charge on any atom is 0.326 e. The first-order valence-electron chi connectivity index (χ1n) is 6.17. The zero-order chi connectivity index (χ0) is 15.4. The molecule has 0 saturated heterocycles. The molecule has 0 radical (unpaired) electrons. The molecule has 0 fully saturated rings. The standard InChI is InChI=1S/C12H14N4O4S/c13-9(17)2-1-8(11(19)20)15-10(18)5-7-6-16-3-4-21-12(16)14-7/h3-4,6,8H,1-2,5H2,(H2,13,17)(H,15,18)(H,19,20). The lowest BCUT2D eigenvalue weighted by molar-refractivity contribution is -0.142. The number of fused-ring (bicyclic) bond motifs is 1. The number of rotatable bonds is 7. The second-order valence-electron chi connectivity index (χ2n) is 4.47. The van der Waals surface area contributed by atoms with Crippen molar-refractivity contribution < 1.29 is 19.5 Å². The van der Waals surface area contributed by atoms with Crippen molar-refractivity contribution in [2.24, 2.45) is 5.73 Å². The maximum absolute atomic E-state index is 11.8. The SMILES string of the molecule is NC(=O)CCC(NC(=O)Cc1cn2ccsc2n1)C(=O)O. The smallest absolute Gasteiger partial charge is 0.326 e. The monoisotopic (exact) mass is 310 g/mol. The first-order valence-corrected chi connectivity index (χ1v) is 7.05. The van der Waals surface area contributed by atoms with Crippen molar-refractivity contribution in [1.29, 1.82) is 0 Å². The fraction of sp³-hybridized carbons (Fsp3) is 0.333. The van der Waals surface area contributed by atoms with E-state index in [2.05, 4.69) is 10.3 Å². The van der Waals surface area contributed by atoms with Gasteiger partial charge in [-0.05, 0) is 6.42 Å². The van der Waals surface area contributed by atoms with Gasteiger partial charge in [0.15, 0.2) is 4.96 Å². The minimum absolute atomic E-state index is 0.0191. The molecule has 0 aliphatic rings. The van der Waals surface area contributed by atoms with Gasteiger partial charge in [0, 0.05) is 24.2 Å². The van der Waals surface area contributed by atoms with Gasteiger partial charge in [-0.2, -0.15) is 0 Å². The Balaban J connectivity index is 1.93. The Labute approximate surface area is 123 Å². The van der Waals surface area contributed by atoms with Gasteiger partial charge in [-0.1, -0.05) is 0 Å². The summed E-state index contributed by atoms with van der Waals surface area (Å²) in [7, 11) is 0. The lowest BCUT2D eigenvalue weighted by atomic mass is 10.1. The van der Waals surface area contributed by atoms with E-state index in [4.69, 9.17) is 10.8 Å². The normalized spacial score (nSPS) is 12.2. The molecule has 112 valence electrons. The Kier molecular flexibility index (Phi) is 4.53. The van der Waals surface area contributed by atoms with Crippen LogP contribution in [0.1, 0.15) is 18.5 Å². The Morgan fingerprint density at radius 3 is 2.86 bits per heavy atom. The molecule has 0 aliphatic carbocycles. The van der Waals surface area contributed by atoms with Crippen LogP contribution in [-0.2, 0) is 20.8 Å². The Hall–Kier alpha value is -2.42. The van der Waals surface area contributed by atoms with E-state index < -0.39 is 23.8 Å². The summed E-state index contributed by atoms with van der Waals surface area (Å²) in [5.74, 6) is -2.27. The Morgan fingerprint density at radius 2 is 2.24 bits per heavy atom. The average molecular weight is 310 g/mol. The number of aromatic nitrogens is 2. The van der Waals surface area contributed by atoms with E-state index in [-0.39, 0.29) is 19.3 Å². The van der Waals surface area contributed by atoms with Gasteiger partial charge in [0.2, 0.25) is 11.8 Å². The molecule has 0 saturated carbocycles. The summed E-state index contributed by atoms with van der Waals surface area (Å²) in [4.78, 5) is 38.5. The van der Waals surface area contributed by atoms with Crippen LogP contribution in [-0.4, -0.2) is 38.3 Å². The first kappa shape index (κ1) is 15.0. The van der Waals surface area contributed by atoms with E-state index >= 15 is 0 Å². The summed E-state index contributed by atoms with van der Waals surface area (Å²) in [5.41, 5.74) is 5.52. The van der Waals surface area contributed by atoms with Gasteiger partial charge in [0.1, 0.15) is 6.04 Å². The lowest BCUT2D eigenvalue weighted by Gasteiger charge is -2.13. The van der Waals surface area contributed by atoms with Crippen LogP contribution in [0.2, 0.25) is 0 Å². The van der Waals surface area contributed by atoms with Gasteiger partial charge in [-0.25, -0.2) is 9.78 Å². The van der Waals surface area contributed by atoms with Crippen LogP contribution in [0.15, 0.2) is 17.8 Å². The van der Waals surface area contributed by atoms with E-state index in [1.807, 2.05) is 11.6 Å². The summed E-state index contributed by atoms with van der Waals surface area (Å²) < 4.78 is 1.79. The van der Waals surface area contributed by atoms with Crippen molar-refractivity contribution in [1.82, 2.24) is 14.7 Å². The number of amides is 2. The fourth-order valence-electron chi connectivity index (χ4n) is 1.82. The number of carbonyl (C=O) groups excluding carboxylic acids is 2. The van der Waals surface area contributed by atoms with Crippen LogP contribution >= 0.6 is 11.3 Å². The molecule has 2 amide bonds. The van der Waals surface area contributed by atoms with Crippen molar-refractivity contribution >= 4 is 34.1 Å². The van der Waals surface area contributed by atoms with Crippen LogP contribution in [0.5, 0.6) is 0 Å². The molecular weight excluding hydrogens is 296 g/mol. The molecule has 2 aromatic rings. The number of primary amides is 1. The van der Waals surface area contributed by atoms with Crippen molar-refractivity contribution in [2.75, 3.05) is 0 Å². The van der Waals surface area contributed by atoms with Crippen LogP contribution in [0.3, 0.4) is 0 Å². The molecule has 4 N–H and O–H groups in total. The molecule has 0 aromatic carbocycles. The number of hydrogen-bond donors (Lipinski definition) is 3. The zero-order valence-electron chi connectivity index (χ0n) is 11.0. The molecule has 1 unspecified atom stereocenters. The summed E-state index contributed by atoms with van der Waals surface area (Å²) in [6.07, 6.45) is 3.38. The summed E-state index contributed by atoms with van der Waals surface area (Å²) in [6, 6.07) is -1.13. The molecule has 0 bridgehead atoms. The summed E-state index contributed by atoms with van der Waals surface area (Å²) in [5, 5.41) is 13.2. The highest BCUT2D eigenvalue weighted by molar-refractivity contribution is 7.15. The van der Waals surface area contributed by atoms with Gasteiger partial charge >= 0.3 is 5.97 Å². The van der Waals surface area contributed by atoms with Gasteiger partial charge in [0.05, 0.1) is 12.1 Å². The average Bonchev–Trinajstić information content (AvgIpc) is 2.94. The number of hydrogen-bond acceptors (Lipinski definition) is 5. The van der Waals surface area contributed by atoms with Crippen molar-refractivity contribution in [3.8, 4) is 0 Å². The highest BCUT2D eigenvalue weighted by Gasteiger charge is 2.21. The maximum atomic E-state index is 11.8. The number of imidazole rings is 1. The minimum atomic E-state index is -1.20. The summed E-state index contributed by atoms with van der Waals surface area (Å²) in [6.45, 7) is 0. The second-order valence-corrected chi connectivity index (χ2v) is 5.34. The molecular formula is C12H14N4O4S. The van der Waals surface area contributed by atoms with E-state index in [9.17, 15) is 14.4 Å². The van der Waals surface area contributed by atoms with Crippen LogP contribution in [0, 0.1) is 0 Å². The summed E-state index contributed by atoms with van der Waals surface area (Å²) >= 11 is 1.44. The Morgan fingerprint density at radius 1 is 1.48 bits per heavy atom. The third-order valence-corrected chi connectivity index (χ3v) is 3.57. The van der Waals surface area contributed by atoms with Gasteiger partial charge in [-0.15, -0.1) is 11.3 Å². The van der Waals surface area contributed by atoms with Crippen molar-refractivity contribution in [3.05, 3.63) is 23.5 Å². The topological polar surface area (TPSA) is 127 Å². The van der Waals surface area contributed by atoms with Crippen molar-refractivity contribution in [3.63, 3.8) is 0 Å². The number of nitrogens with one attached hydrogen (secondary N) is 1. The number of carbonyl (C=O) groups is 3. The van der Waals surface area contributed by atoms with E-state index in [1.54, 1.807) is 10.6 Å². The number of nitrogens with two attached hydrogens (primary N) is 1. The molecule has 9 heteroatoms. The molecule has 2 aromatic heterocycles. The third kappa shape index (κ3) is 4.02. The quantitative estimate of drug-likeness (QED) is 0.651. The first-order chi connectivity index (χ1) is 9.95. The number of thiazole rings is 1. The molecule has 0 spiro atoms. The molecule has 1 atom stereocenters. The van der Waals surface area contributed by atoms with E-state index in [0.29, 0.717) is 5.69 Å². The van der Waals surface area contributed by atoms with Crippen LogP contribution in [0.4, 0.5) is 0 Å². The van der Waals surface area contributed by atoms with Gasteiger partial charge in [0.25, 0.3) is 0 Å². The zero-order valence-corrected chi connectivity index (χ0v) is 11.8.